The van der Waals surface area contributed by atoms with Crippen molar-refractivity contribution in [2.24, 2.45) is 0 Å². The van der Waals surface area contributed by atoms with Gasteiger partial charge in [0.25, 0.3) is 0 Å². The van der Waals surface area contributed by atoms with Crippen molar-refractivity contribution in [3.63, 3.8) is 0 Å². The van der Waals surface area contributed by atoms with Gasteiger partial charge >= 0.3 is 0 Å². The summed E-state index contributed by atoms with van der Waals surface area (Å²) in [6.45, 7) is 7.12. The predicted molar refractivity (Wildman–Crippen MR) is 90.1 cm³/mol. The number of furan rings is 1. The first-order valence-corrected chi connectivity index (χ1v) is 7.24. The second kappa shape index (κ2) is 5.22. The topological polar surface area (TPSA) is 41.3 Å². The van der Waals surface area contributed by atoms with E-state index in [9.17, 15) is 4.39 Å². The third-order valence-corrected chi connectivity index (χ3v) is 4.01. The Balaban J connectivity index is 2.08. The lowest BCUT2D eigenvalue weighted by atomic mass is 9.99. The minimum Gasteiger partial charge on any atom is -0.455 e. The summed E-state index contributed by atoms with van der Waals surface area (Å²) in [5.74, 6) is -0.784. The van der Waals surface area contributed by atoms with Crippen molar-refractivity contribution in [1.29, 1.82) is 5.26 Å². The number of rotatable bonds is 1. The van der Waals surface area contributed by atoms with Gasteiger partial charge in [0.05, 0.1) is 12.1 Å². The van der Waals surface area contributed by atoms with Crippen molar-refractivity contribution in [2.45, 2.75) is 0 Å². The fourth-order valence-electron chi connectivity index (χ4n) is 2.90. The minimum absolute atomic E-state index is 0.147. The molecule has 0 amide bonds. The molecule has 0 spiro atoms. The zero-order chi connectivity index (χ0) is 16.7. The normalized spacial score (nSPS) is 10.6. The lowest BCUT2D eigenvalue weighted by Gasteiger charge is -2.06. The maximum Gasteiger partial charge on any atom is 0.224 e. The van der Waals surface area contributed by atoms with Crippen LogP contribution in [0.4, 0.5) is 10.1 Å². The third kappa shape index (κ3) is 1.95. The second-order valence-electron chi connectivity index (χ2n) is 5.36. The van der Waals surface area contributed by atoms with Crippen LogP contribution in [0, 0.1) is 23.7 Å². The summed E-state index contributed by atoms with van der Waals surface area (Å²) < 4.78 is 20.0. The van der Waals surface area contributed by atoms with Crippen molar-refractivity contribution in [1.82, 2.24) is 0 Å². The monoisotopic (exact) mass is 312 g/mol. The summed E-state index contributed by atoms with van der Waals surface area (Å²) in [5, 5.41) is 11.0. The first-order valence-electron chi connectivity index (χ1n) is 7.24. The van der Waals surface area contributed by atoms with Crippen LogP contribution >= 0.6 is 0 Å². The van der Waals surface area contributed by atoms with Crippen molar-refractivity contribution < 1.29 is 8.81 Å². The van der Waals surface area contributed by atoms with E-state index in [2.05, 4.69) is 4.85 Å². The van der Waals surface area contributed by atoms with Gasteiger partial charge in [-0.1, -0.05) is 36.4 Å². The fraction of sp³-hybridized carbons (Fsp3) is 0. The first kappa shape index (κ1) is 14.0. The van der Waals surface area contributed by atoms with Crippen LogP contribution in [0.2, 0.25) is 0 Å². The summed E-state index contributed by atoms with van der Waals surface area (Å²) in [5.41, 5.74) is 2.41. The molecule has 0 aliphatic rings. The van der Waals surface area contributed by atoms with Crippen LogP contribution in [-0.2, 0) is 0 Å². The van der Waals surface area contributed by atoms with Crippen molar-refractivity contribution in [3.8, 4) is 17.2 Å². The van der Waals surface area contributed by atoms with Crippen LogP contribution in [0.15, 0.2) is 59.0 Å². The number of fused-ring (bicyclic) bond motifs is 3. The fourth-order valence-corrected chi connectivity index (χ4v) is 2.90. The lowest BCUT2D eigenvalue weighted by Crippen LogP contribution is -1.87. The quantitative estimate of drug-likeness (QED) is 0.416. The van der Waals surface area contributed by atoms with E-state index in [-0.39, 0.29) is 11.3 Å². The van der Waals surface area contributed by atoms with E-state index in [4.69, 9.17) is 16.3 Å². The molecule has 4 rings (SSSR count). The highest BCUT2D eigenvalue weighted by Gasteiger charge is 2.16. The minimum atomic E-state index is -0.784. The lowest BCUT2D eigenvalue weighted by molar-refractivity contribution is 0.630. The van der Waals surface area contributed by atoms with Crippen LogP contribution in [0.25, 0.3) is 37.9 Å². The summed E-state index contributed by atoms with van der Waals surface area (Å²) >= 11 is 0. The number of benzene rings is 3. The SMILES string of the molecule is [C-]#[N+]c1cc(-c2cccc3c2oc2ccccc23)cc(C#N)c1F. The van der Waals surface area contributed by atoms with Crippen LogP contribution in [0.1, 0.15) is 5.56 Å². The molecule has 4 aromatic rings. The Morgan fingerprint density at radius 1 is 1.04 bits per heavy atom. The molecule has 1 aromatic heterocycles. The molecule has 0 radical (unpaired) electrons. The zero-order valence-electron chi connectivity index (χ0n) is 12.4. The number of halogens is 1. The standard InChI is InChI=1S/C20H9FN2O/c1-23-17-10-12(9-13(11-22)19(17)21)14-6-4-7-16-15-5-2-3-8-18(15)24-20(14)16/h2-10H. The molecule has 0 fully saturated rings. The maximum atomic E-state index is 14.0. The van der Waals surface area contributed by atoms with Gasteiger partial charge in [0.1, 0.15) is 23.1 Å². The second-order valence-corrected chi connectivity index (χ2v) is 5.36. The summed E-state index contributed by atoms with van der Waals surface area (Å²) in [6, 6.07) is 18.1. The van der Waals surface area contributed by atoms with Gasteiger partial charge in [-0.3, -0.25) is 0 Å². The summed E-state index contributed by atoms with van der Waals surface area (Å²) in [7, 11) is 0. The molecule has 3 nitrogen and oxygen atoms in total. The Kier molecular flexibility index (Phi) is 3.05. The van der Waals surface area contributed by atoms with E-state index in [1.165, 1.54) is 12.1 Å². The van der Waals surface area contributed by atoms with Gasteiger partial charge in [0.15, 0.2) is 0 Å². The van der Waals surface area contributed by atoms with Crippen LogP contribution in [0.5, 0.6) is 0 Å². The number of nitrogens with zero attached hydrogens (tertiary/aromatic N) is 2. The molecular weight excluding hydrogens is 303 g/mol. The predicted octanol–water partition coefficient (Wildman–Crippen LogP) is 5.81. The van der Waals surface area contributed by atoms with E-state index in [1.807, 2.05) is 42.5 Å². The van der Waals surface area contributed by atoms with E-state index in [0.717, 1.165) is 21.9 Å². The Morgan fingerprint density at radius 2 is 1.83 bits per heavy atom. The molecule has 0 aliphatic carbocycles. The van der Waals surface area contributed by atoms with E-state index in [1.54, 1.807) is 6.07 Å². The first-order chi connectivity index (χ1) is 11.7. The molecule has 0 unspecified atom stereocenters. The molecule has 1 heterocycles. The molecule has 0 aliphatic heterocycles. The Morgan fingerprint density at radius 3 is 2.62 bits per heavy atom. The largest absolute Gasteiger partial charge is 0.455 e. The van der Waals surface area contributed by atoms with Crippen molar-refractivity contribution in [2.75, 3.05) is 0 Å². The highest BCUT2D eigenvalue weighted by molar-refractivity contribution is 6.09. The van der Waals surface area contributed by atoms with E-state index in [0.29, 0.717) is 11.1 Å². The van der Waals surface area contributed by atoms with Crippen molar-refractivity contribution in [3.05, 3.63) is 77.4 Å². The number of para-hydroxylation sites is 2. The number of nitriles is 1. The highest BCUT2D eigenvalue weighted by Crippen LogP contribution is 2.37. The molecule has 0 saturated carbocycles. The number of hydrogen-bond donors (Lipinski definition) is 0. The molecule has 0 saturated heterocycles. The Labute approximate surface area is 137 Å². The van der Waals surface area contributed by atoms with Gasteiger partial charge in [0.2, 0.25) is 5.69 Å². The zero-order valence-corrected chi connectivity index (χ0v) is 12.4. The molecule has 3 aromatic carbocycles. The smallest absolute Gasteiger partial charge is 0.224 e. The Hall–Kier alpha value is -3.63. The van der Waals surface area contributed by atoms with Gasteiger partial charge < -0.3 is 4.42 Å². The average molecular weight is 312 g/mol. The molecule has 0 atom stereocenters. The maximum absolute atomic E-state index is 14.0. The molecule has 0 N–H and O–H groups in total. The van der Waals surface area contributed by atoms with Gasteiger partial charge in [-0.15, -0.1) is 0 Å². The van der Waals surface area contributed by atoms with E-state index >= 15 is 0 Å². The van der Waals surface area contributed by atoms with Crippen LogP contribution in [-0.4, -0.2) is 0 Å². The van der Waals surface area contributed by atoms with Crippen LogP contribution < -0.4 is 0 Å². The summed E-state index contributed by atoms with van der Waals surface area (Å²) in [4.78, 5) is 3.18. The van der Waals surface area contributed by atoms with Gasteiger partial charge in [0, 0.05) is 16.3 Å². The van der Waals surface area contributed by atoms with Gasteiger partial charge in [-0.25, -0.2) is 9.24 Å². The highest BCUT2D eigenvalue weighted by atomic mass is 19.1. The third-order valence-electron chi connectivity index (χ3n) is 4.01. The molecular formula is C20H9FN2O. The molecule has 0 bridgehead atoms. The average Bonchev–Trinajstić information content (AvgIpc) is 3.00. The molecule has 112 valence electrons. The molecule has 4 heteroatoms. The summed E-state index contributed by atoms with van der Waals surface area (Å²) in [6.07, 6.45) is 0. The van der Waals surface area contributed by atoms with Gasteiger partial charge in [-0.05, 0) is 23.8 Å². The molecule has 24 heavy (non-hydrogen) atoms. The van der Waals surface area contributed by atoms with Crippen LogP contribution in [0.3, 0.4) is 0 Å². The Bertz CT molecular complexity index is 1160. The van der Waals surface area contributed by atoms with E-state index < -0.39 is 5.82 Å². The van der Waals surface area contributed by atoms with Gasteiger partial charge in [-0.2, -0.15) is 5.26 Å². The number of hydrogen-bond acceptors (Lipinski definition) is 2. The van der Waals surface area contributed by atoms with Crippen molar-refractivity contribution >= 4 is 27.6 Å².